The normalized spacial score (nSPS) is 11.2. The molecule has 0 saturated carbocycles. The van der Waals surface area contributed by atoms with Gasteiger partial charge in [0.05, 0.1) is 0 Å². The second-order valence-corrected chi connectivity index (χ2v) is 8.44. The summed E-state index contributed by atoms with van der Waals surface area (Å²) in [5.41, 5.74) is 1.56. The van der Waals surface area contributed by atoms with Crippen LogP contribution in [-0.2, 0) is 6.16 Å². The quantitative estimate of drug-likeness (QED) is 0.292. The van der Waals surface area contributed by atoms with Gasteiger partial charge in [0.2, 0.25) is 0 Å². The fourth-order valence-corrected chi connectivity index (χ4v) is 5.24. The van der Waals surface area contributed by atoms with Gasteiger partial charge < -0.3 is 0 Å². The number of benzene rings is 1. The molecule has 0 atom stereocenters. The second kappa shape index (κ2) is 12.4. The highest BCUT2D eigenvalue weighted by Gasteiger charge is 2.08. The molecule has 0 saturated heterocycles. The summed E-state index contributed by atoms with van der Waals surface area (Å²) in [6, 6.07) is 11.1. The van der Waals surface area contributed by atoms with E-state index >= 15 is 0 Å². The van der Waals surface area contributed by atoms with Gasteiger partial charge in [0.1, 0.15) is 0 Å². The van der Waals surface area contributed by atoms with Crippen molar-refractivity contribution in [3.63, 3.8) is 0 Å². The zero-order valence-corrected chi connectivity index (χ0v) is 14.5. The van der Waals surface area contributed by atoms with E-state index in [0.717, 1.165) is 0 Å². The Bertz CT molecular complexity index is 295. The van der Waals surface area contributed by atoms with E-state index in [2.05, 4.69) is 44.2 Å². The molecule has 0 aliphatic heterocycles. The van der Waals surface area contributed by atoms with Gasteiger partial charge in [-0.05, 0) is 36.9 Å². The van der Waals surface area contributed by atoms with Crippen LogP contribution >= 0.6 is 7.92 Å². The van der Waals surface area contributed by atoms with Crippen LogP contribution in [0.1, 0.15) is 70.8 Å². The van der Waals surface area contributed by atoms with Crippen molar-refractivity contribution < 1.29 is 0 Å². The van der Waals surface area contributed by atoms with Crippen molar-refractivity contribution in [2.75, 3.05) is 12.3 Å². The van der Waals surface area contributed by atoms with E-state index in [1.54, 1.807) is 5.56 Å². The SMILES string of the molecule is CCCCCCP(CCCCCC)Cc1ccccc1. The molecular formula is C19H33P. The monoisotopic (exact) mass is 292 g/mol. The van der Waals surface area contributed by atoms with Crippen LogP contribution in [0.15, 0.2) is 30.3 Å². The van der Waals surface area contributed by atoms with E-state index in [0.29, 0.717) is 0 Å². The number of rotatable bonds is 12. The van der Waals surface area contributed by atoms with Crippen molar-refractivity contribution in [3.05, 3.63) is 35.9 Å². The Hall–Kier alpha value is -0.350. The van der Waals surface area contributed by atoms with E-state index in [4.69, 9.17) is 0 Å². The lowest BCUT2D eigenvalue weighted by Gasteiger charge is -2.18. The van der Waals surface area contributed by atoms with Gasteiger partial charge in [-0.1, -0.05) is 82.7 Å². The maximum Gasteiger partial charge on any atom is -0.00731 e. The first-order valence-corrected chi connectivity index (χ1v) is 10.5. The largest absolute Gasteiger partial charge is 0.102 e. The first-order chi connectivity index (χ1) is 9.86. The Morgan fingerprint density at radius 3 is 1.75 bits per heavy atom. The molecule has 114 valence electrons. The van der Waals surface area contributed by atoms with Crippen molar-refractivity contribution >= 4 is 7.92 Å². The first kappa shape index (κ1) is 17.7. The molecule has 0 fully saturated rings. The van der Waals surface area contributed by atoms with E-state index in [9.17, 15) is 0 Å². The van der Waals surface area contributed by atoms with Crippen LogP contribution < -0.4 is 0 Å². The molecule has 0 bridgehead atoms. The predicted molar refractivity (Wildman–Crippen MR) is 95.1 cm³/mol. The minimum absolute atomic E-state index is 0.230. The lowest BCUT2D eigenvalue weighted by atomic mass is 10.2. The average molecular weight is 292 g/mol. The molecule has 0 aliphatic rings. The molecule has 0 aromatic heterocycles. The molecular weight excluding hydrogens is 259 g/mol. The van der Waals surface area contributed by atoms with E-state index in [-0.39, 0.29) is 7.92 Å². The zero-order chi connectivity index (χ0) is 14.5. The third-order valence-corrected chi connectivity index (χ3v) is 6.61. The zero-order valence-electron chi connectivity index (χ0n) is 13.6. The third kappa shape index (κ3) is 8.75. The molecule has 1 aromatic rings. The summed E-state index contributed by atoms with van der Waals surface area (Å²) >= 11 is 0. The summed E-state index contributed by atoms with van der Waals surface area (Å²) in [5, 5.41) is 0. The first-order valence-electron chi connectivity index (χ1n) is 8.63. The molecule has 0 radical (unpaired) electrons. The molecule has 0 amide bonds. The van der Waals surface area contributed by atoms with E-state index in [1.165, 1.54) is 69.9 Å². The van der Waals surface area contributed by atoms with Crippen LogP contribution in [0, 0.1) is 0 Å². The highest BCUT2D eigenvalue weighted by atomic mass is 31.1. The van der Waals surface area contributed by atoms with Crippen molar-refractivity contribution in [1.29, 1.82) is 0 Å². The lowest BCUT2D eigenvalue weighted by molar-refractivity contribution is 0.695. The predicted octanol–water partition coefficient (Wildman–Crippen LogP) is 6.83. The molecule has 0 spiro atoms. The molecule has 0 unspecified atom stereocenters. The minimum Gasteiger partial charge on any atom is -0.102 e. The van der Waals surface area contributed by atoms with Gasteiger partial charge in [-0.2, -0.15) is 0 Å². The van der Waals surface area contributed by atoms with Crippen molar-refractivity contribution in [2.24, 2.45) is 0 Å². The van der Waals surface area contributed by atoms with Gasteiger partial charge in [-0.15, -0.1) is 7.92 Å². The maximum absolute atomic E-state index is 2.31. The number of hydrogen-bond donors (Lipinski definition) is 0. The van der Waals surface area contributed by atoms with Crippen LogP contribution in [0.25, 0.3) is 0 Å². The van der Waals surface area contributed by atoms with Gasteiger partial charge in [0.25, 0.3) is 0 Å². The molecule has 1 heteroatoms. The van der Waals surface area contributed by atoms with Crippen LogP contribution in [0.2, 0.25) is 0 Å². The molecule has 0 heterocycles. The van der Waals surface area contributed by atoms with Gasteiger partial charge in [0.15, 0.2) is 0 Å². The summed E-state index contributed by atoms with van der Waals surface area (Å²) < 4.78 is 0. The number of hydrogen-bond acceptors (Lipinski definition) is 0. The Labute approximate surface area is 128 Å². The van der Waals surface area contributed by atoms with Crippen LogP contribution in [0.5, 0.6) is 0 Å². The van der Waals surface area contributed by atoms with E-state index < -0.39 is 0 Å². The summed E-state index contributed by atoms with van der Waals surface area (Å²) in [6.07, 6.45) is 15.7. The molecule has 0 aliphatic carbocycles. The highest BCUT2D eigenvalue weighted by Crippen LogP contribution is 2.41. The second-order valence-electron chi connectivity index (χ2n) is 5.88. The lowest BCUT2D eigenvalue weighted by Crippen LogP contribution is -1.95. The van der Waals surface area contributed by atoms with Crippen LogP contribution in [-0.4, -0.2) is 12.3 Å². The standard InChI is InChI=1S/C19H33P/c1-3-5-7-12-16-20(17-13-8-6-4-2)18-19-14-10-9-11-15-19/h9-11,14-15H,3-8,12-13,16-18H2,1-2H3. The summed E-state index contributed by atoms with van der Waals surface area (Å²) in [4.78, 5) is 0. The topological polar surface area (TPSA) is 0 Å². The summed E-state index contributed by atoms with van der Waals surface area (Å²) in [5.74, 6) is 0. The Morgan fingerprint density at radius 1 is 0.700 bits per heavy atom. The molecule has 1 aromatic carbocycles. The van der Waals surface area contributed by atoms with Gasteiger partial charge >= 0.3 is 0 Å². The van der Waals surface area contributed by atoms with Crippen molar-refractivity contribution in [3.8, 4) is 0 Å². The summed E-state index contributed by atoms with van der Waals surface area (Å²) in [7, 11) is 0.230. The Morgan fingerprint density at radius 2 is 1.25 bits per heavy atom. The Kier molecular flexibility index (Phi) is 11.0. The third-order valence-electron chi connectivity index (χ3n) is 3.90. The average Bonchev–Trinajstić information content (AvgIpc) is 2.49. The number of unbranched alkanes of at least 4 members (excludes halogenated alkanes) is 6. The van der Waals surface area contributed by atoms with Crippen LogP contribution in [0.4, 0.5) is 0 Å². The fourth-order valence-electron chi connectivity index (χ4n) is 2.64. The molecule has 0 N–H and O–H groups in total. The molecule has 20 heavy (non-hydrogen) atoms. The minimum atomic E-state index is 0.230. The van der Waals surface area contributed by atoms with Crippen molar-refractivity contribution in [2.45, 2.75) is 71.4 Å². The molecule has 1 rings (SSSR count). The van der Waals surface area contributed by atoms with Gasteiger partial charge in [-0.25, -0.2) is 0 Å². The maximum atomic E-state index is 2.31. The van der Waals surface area contributed by atoms with E-state index in [1.807, 2.05) is 0 Å². The Balaban J connectivity index is 2.33. The molecule has 0 nitrogen and oxygen atoms in total. The highest BCUT2D eigenvalue weighted by molar-refractivity contribution is 7.56. The van der Waals surface area contributed by atoms with Crippen molar-refractivity contribution in [1.82, 2.24) is 0 Å². The van der Waals surface area contributed by atoms with Gasteiger partial charge in [-0.3, -0.25) is 0 Å². The smallest absolute Gasteiger partial charge is 0.00731 e. The summed E-state index contributed by atoms with van der Waals surface area (Å²) in [6.45, 7) is 4.61. The van der Waals surface area contributed by atoms with Gasteiger partial charge in [0, 0.05) is 0 Å². The van der Waals surface area contributed by atoms with Crippen LogP contribution in [0.3, 0.4) is 0 Å². The fraction of sp³-hybridized carbons (Fsp3) is 0.684.